The van der Waals surface area contributed by atoms with Gasteiger partial charge >= 0.3 is 0 Å². The lowest BCUT2D eigenvalue weighted by Crippen LogP contribution is -2.69. The van der Waals surface area contributed by atoms with E-state index in [1.807, 2.05) is 6.07 Å². The van der Waals surface area contributed by atoms with Crippen molar-refractivity contribution in [3.05, 3.63) is 53.5 Å². The number of aromatic nitrogens is 2. The molecule has 0 radical (unpaired) electrons. The lowest BCUT2D eigenvalue weighted by atomic mass is 9.35. The molecule has 2 aromatic rings. The van der Waals surface area contributed by atoms with Gasteiger partial charge in [0.05, 0.1) is 30.5 Å². The maximum atomic E-state index is 14.1. The highest BCUT2D eigenvalue weighted by atomic mass is 19.1. The largest absolute Gasteiger partial charge is 0.476 e. The summed E-state index contributed by atoms with van der Waals surface area (Å²) in [6, 6.07) is 4.91. The summed E-state index contributed by atoms with van der Waals surface area (Å²) in [6.45, 7) is 2.05. The van der Waals surface area contributed by atoms with E-state index in [4.69, 9.17) is 10.00 Å². The summed E-state index contributed by atoms with van der Waals surface area (Å²) in [4.78, 5) is 22.4. The monoisotopic (exact) mass is 398 g/mol. The number of halogens is 2. The molecule has 1 unspecified atom stereocenters. The van der Waals surface area contributed by atoms with Gasteiger partial charge in [-0.2, -0.15) is 5.26 Å². The molecule has 5 rings (SSSR count). The first-order chi connectivity index (χ1) is 13.8. The minimum Gasteiger partial charge on any atom is -0.476 e. The van der Waals surface area contributed by atoms with Gasteiger partial charge < -0.3 is 9.64 Å². The molecule has 1 amide bonds. The summed E-state index contributed by atoms with van der Waals surface area (Å²) in [7, 11) is 1.59. The minimum absolute atomic E-state index is 0.0709. The van der Waals surface area contributed by atoms with Crippen molar-refractivity contribution in [3.8, 4) is 11.9 Å². The average Bonchev–Trinajstić information content (AvgIpc) is 2.65. The number of carbonyl (C=O) groups is 1. The zero-order chi connectivity index (χ0) is 20.8. The van der Waals surface area contributed by atoms with Crippen LogP contribution in [0.3, 0.4) is 0 Å². The zero-order valence-corrected chi connectivity index (χ0v) is 16.2. The van der Waals surface area contributed by atoms with Crippen LogP contribution in [0.5, 0.6) is 5.88 Å². The van der Waals surface area contributed by atoms with Crippen LogP contribution in [0, 0.1) is 33.8 Å². The Balaban J connectivity index is 1.35. The Kier molecular flexibility index (Phi) is 4.49. The molecule has 6 nitrogen and oxygen atoms in total. The molecule has 0 spiro atoms. The van der Waals surface area contributed by atoms with Gasteiger partial charge in [-0.25, -0.2) is 18.7 Å². The van der Waals surface area contributed by atoms with E-state index in [-0.39, 0.29) is 22.6 Å². The van der Waals surface area contributed by atoms with Crippen LogP contribution in [-0.2, 0) is 4.79 Å². The predicted molar refractivity (Wildman–Crippen MR) is 98.5 cm³/mol. The summed E-state index contributed by atoms with van der Waals surface area (Å²) >= 11 is 0. The van der Waals surface area contributed by atoms with E-state index in [1.165, 1.54) is 35.5 Å². The summed E-state index contributed by atoms with van der Waals surface area (Å²) < 4.78 is 33.8. The summed E-state index contributed by atoms with van der Waals surface area (Å²) in [5.41, 5.74) is -0.411. The number of amides is 1. The standard InChI is InChI=1S/C21H20F2N4O2/c1-13(18-15(22)4-3-5-16(18)23)27(2)19(28)21-9-20(10-21,11-21)12-29-17-8-25-14(6-24)7-26-17/h3-5,7-8,13H,9-12H2,1-2H3. The smallest absolute Gasteiger partial charge is 0.232 e. The third-order valence-electron chi connectivity index (χ3n) is 6.18. The van der Waals surface area contributed by atoms with Crippen LogP contribution < -0.4 is 4.74 Å². The van der Waals surface area contributed by atoms with Crippen molar-refractivity contribution < 1.29 is 18.3 Å². The SMILES string of the molecule is CC(c1c(F)cccc1F)N(C)C(=O)C12CC(COc3cnc(C#N)cn3)(C1)C2. The highest BCUT2D eigenvalue weighted by molar-refractivity contribution is 5.86. The van der Waals surface area contributed by atoms with Crippen molar-refractivity contribution in [2.45, 2.75) is 32.2 Å². The molecule has 2 bridgehead atoms. The van der Waals surface area contributed by atoms with Crippen molar-refractivity contribution in [2.75, 3.05) is 13.7 Å². The van der Waals surface area contributed by atoms with Crippen LogP contribution in [0.25, 0.3) is 0 Å². The molecular formula is C21H20F2N4O2. The van der Waals surface area contributed by atoms with E-state index in [0.717, 1.165) is 0 Å². The number of nitrogens with zero attached hydrogens (tertiary/aromatic N) is 4. The van der Waals surface area contributed by atoms with E-state index >= 15 is 0 Å². The van der Waals surface area contributed by atoms with E-state index in [1.54, 1.807) is 14.0 Å². The molecule has 1 heterocycles. The van der Waals surface area contributed by atoms with Gasteiger partial charge in [-0.3, -0.25) is 4.79 Å². The van der Waals surface area contributed by atoms with Gasteiger partial charge in [-0.1, -0.05) is 6.07 Å². The minimum atomic E-state index is -0.696. The third kappa shape index (κ3) is 3.11. The first-order valence-corrected chi connectivity index (χ1v) is 9.35. The molecule has 8 heteroatoms. The normalized spacial score (nSPS) is 25.2. The van der Waals surface area contributed by atoms with Gasteiger partial charge in [0.15, 0.2) is 5.69 Å². The molecule has 3 fully saturated rings. The second-order valence-corrected chi connectivity index (χ2v) is 8.18. The Morgan fingerprint density at radius 3 is 2.48 bits per heavy atom. The number of benzene rings is 1. The molecule has 0 saturated heterocycles. The van der Waals surface area contributed by atoms with Crippen LogP contribution in [0.15, 0.2) is 30.6 Å². The molecule has 3 saturated carbocycles. The molecule has 1 aromatic heterocycles. The molecule has 29 heavy (non-hydrogen) atoms. The van der Waals surface area contributed by atoms with E-state index in [2.05, 4.69) is 9.97 Å². The van der Waals surface area contributed by atoms with Crippen LogP contribution in [0.4, 0.5) is 8.78 Å². The van der Waals surface area contributed by atoms with Gasteiger partial charge in [0.1, 0.15) is 17.7 Å². The maximum Gasteiger partial charge on any atom is 0.232 e. The summed E-state index contributed by atoms with van der Waals surface area (Å²) in [5, 5.41) is 8.74. The van der Waals surface area contributed by atoms with E-state index < -0.39 is 23.1 Å². The molecule has 1 atom stereocenters. The van der Waals surface area contributed by atoms with Crippen molar-refractivity contribution in [3.63, 3.8) is 0 Å². The molecule has 3 aliphatic rings. The maximum absolute atomic E-state index is 14.1. The number of rotatable bonds is 6. The second-order valence-electron chi connectivity index (χ2n) is 8.18. The van der Waals surface area contributed by atoms with Crippen LogP contribution in [0.1, 0.15) is 43.5 Å². The quantitative estimate of drug-likeness (QED) is 0.745. The van der Waals surface area contributed by atoms with E-state index in [9.17, 15) is 13.6 Å². The highest BCUT2D eigenvalue weighted by Gasteiger charge is 2.72. The van der Waals surface area contributed by atoms with Crippen LogP contribution in [0.2, 0.25) is 0 Å². The van der Waals surface area contributed by atoms with Gasteiger partial charge in [-0.15, -0.1) is 0 Å². The Hall–Kier alpha value is -3.08. The Bertz CT molecular complexity index is 963. The third-order valence-corrected chi connectivity index (χ3v) is 6.18. The molecule has 3 aliphatic carbocycles. The first kappa shape index (κ1) is 19.2. The number of hydrogen-bond acceptors (Lipinski definition) is 5. The molecular weight excluding hydrogens is 378 g/mol. The number of ether oxygens (including phenoxy) is 1. The van der Waals surface area contributed by atoms with E-state index in [0.29, 0.717) is 31.7 Å². The highest BCUT2D eigenvalue weighted by Crippen LogP contribution is 2.73. The van der Waals surface area contributed by atoms with Gasteiger partial charge in [-0.05, 0) is 38.3 Å². The van der Waals surface area contributed by atoms with Crippen molar-refractivity contribution in [1.29, 1.82) is 5.26 Å². The average molecular weight is 398 g/mol. The summed E-state index contributed by atoms with van der Waals surface area (Å²) in [6.07, 6.45) is 4.79. The molecule has 1 aromatic carbocycles. The predicted octanol–water partition coefficient (Wildman–Crippen LogP) is 3.40. The van der Waals surface area contributed by atoms with Gasteiger partial charge in [0.25, 0.3) is 0 Å². The Labute approximate surface area is 167 Å². The Morgan fingerprint density at radius 2 is 1.93 bits per heavy atom. The lowest BCUT2D eigenvalue weighted by molar-refractivity contribution is -0.226. The fourth-order valence-corrected chi connectivity index (χ4v) is 4.71. The zero-order valence-electron chi connectivity index (χ0n) is 16.2. The van der Waals surface area contributed by atoms with Crippen molar-refractivity contribution >= 4 is 5.91 Å². The Morgan fingerprint density at radius 1 is 1.28 bits per heavy atom. The van der Waals surface area contributed by atoms with Gasteiger partial charge in [0.2, 0.25) is 11.8 Å². The first-order valence-electron chi connectivity index (χ1n) is 9.35. The second kappa shape index (κ2) is 6.76. The fourth-order valence-electron chi connectivity index (χ4n) is 4.71. The fraction of sp³-hybridized carbons (Fsp3) is 0.429. The summed E-state index contributed by atoms with van der Waals surface area (Å²) in [5.74, 6) is -1.05. The molecule has 0 N–H and O–H groups in total. The van der Waals surface area contributed by atoms with Crippen molar-refractivity contribution in [2.24, 2.45) is 10.8 Å². The molecule has 150 valence electrons. The number of carbonyl (C=O) groups excluding carboxylic acids is 1. The lowest BCUT2D eigenvalue weighted by Gasteiger charge is -2.69. The van der Waals surface area contributed by atoms with Crippen LogP contribution in [-0.4, -0.2) is 34.4 Å². The van der Waals surface area contributed by atoms with Crippen LogP contribution >= 0.6 is 0 Å². The van der Waals surface area contributed by atoms with Gasteiger partial charge in [0, 0.05) is 18.0 Å². The molecule has 0 aliphatic heterocycles. The van der Waals surface area contributed by atoms with Crippen molar-refractivity contribution in [1.82, 2.24) is 14.9 Å². The topological polar surface area (TPSA) is 79.1 Å². The number of hydrogen-bond donors (Lipinski definition) is 0. The number of nitriles is 1.